The number of hydrogen-bond acceptors (Lipinski definition) is 2. The predicted octanol–water partition coefficient (Wildman–Crippen LogP) is 6.27. The molecular formula is C27H25FN2O2. The molecule has 0 aliphatic heterocycles. The van der Waals surface area contributed by atoms with Crippen LogP contribution in [0.1, 0.15) is 28.8 Å². The summed E-state index contributed by atoms with van der Waals surface area (Å²) in [7, 11) is 0. The van der Waals surface area contributed by atoms with Crippen LogP contribution in [0.15, 0.2) is 97.3 Å². The number of ether oxygens (including phenoxy) is 1. The number of rotatable bonds is 9. The van der Waals surface area contributed by atoms with Gasteiger partial charge in [0.05, 0.1) is 18.0 Å². The van der Waals surface area contributed by atoms with Crippen LogP contribution in [-0.2, 0) is 6.42 Å². The first-order chi connectivity index (χ1) is 15.7. The van der Waals surface area contributed by atoms with Gasteiger partial charge >= 0.3 is 0 Å². The fourth-order valence-corrected chi connectivity index (χ4v) is 3.49. The van der Waals surface area contributed by atoms with Gasteiger partial charge in [-0.15, -0.1) is 0 Å². The Morgan fingerprint density at radius 2 is 1.62 bits per heavy atom. The van der Waals surface area contributed by atoms with Crippen LogP contribution in [0.2, 0.25) is 0 Å². The summed E-state index contributed by atoms with van der Waals surface area (Å²) < 4.78 is 21.4. The Morgan fingerprint density at radius 3 is 2.38 bits per heavy atom. The van der Waals surface area contributed by atoms with Crippen LogP contribution in [0, 0.1) is 5.82 Å². The maximum atomic E-state index is 13.8. The number of carbonyl (C=O) groups is 1. The van der Waals surface area contributed by atoms with Crippen LogP contribution < -0.4 is 10.1 Å². The zero-order chi connectivity index (χ0) is 22.2. The summed E-state index contributed by atoms with van der Waals surface area (Å²) in [6, 6.07) is 25.5. The van der Waals surface area contributed by atoms with E-state index in [0.29, 0.717) is 23.5 Å². The maximum Gasteiger partial charge on any atom is 0.255 e. The molecule has 32 heavy (non-hydrogen) atoms. The first kappa shape index (κ1) is 21.4. The Labute approximate surface area is 187 Å². The number of unbranched alkanes of at least 4 members (excludes halogenated alkanes) is 1. The third kappa shape index (κ3) is 5.64. The minimum absolute atomic E-state index is 0.307. The molecule has 3 aromatic carbocycles. The molecule has 0 spiro atoms. The summed E-state index contributed by atoms with van der Waals surface area (Å²) in [5, 5.41) is 2.81. The number of nitrogens with zero attached hydrogens (tertiary/aromatic N) is 1. The lowest BCUT2D eigenvalue weighted by molar-refractivity contribution is 0.102. The summed E-state index contributed by atoms with van der Waals surface area (Å²) in [5.41, 5.74) is 2.91. The van der Waals surface area contributed by atoms with Crippen molar-refractivity contribution in [2.24, 2.45) is 0 Å². The molecule has 0 radical (unpaired) electrons. The van der Waals surface area contributed by atoms with E-state index in [-0.39, 0.29) is 5.91 Å². The molecular weight excluding hydrogens is 403 g/mol. The highest BCUT2D eigenvalue weighted by Gasteiger charge is 2.11. The van der Waals surface area contributed by atoms with Gasteiger partial charge < -0.3 is 14.6 Å². The Hall–Kier alpha value is -3.86. The van der Waals surface area contributed by atoms with Gasteiger partial charge in [0.2, 0.25) is 0 Å². The van der Waals surface area contributed by atoms with Crippen molar-refractivity contribution in [3.8, 4) is 11.4 Å². The van der Waals surface area contributed by atoms with Crippen molar-refractivity contribution in [1.82, 2.24) is 4.57 Å². The lowest BCUT2D eigenvalue weighted by Gasteiger charge is -2.13. The minimum Gasteiger partial charge on any atom is -0.494 e. The largest absolute Gasteiger partial charge is 0.494 e. The van der Waals surface area contributed by atoms with E-state index in [2.05, 4.69) is 29.6 Å². The molecule has 1 aromatic heterocycles. The van der Waals surface area contributed by atoms with Gasteiger partial charge in [-0.1, -0.05) is 30.3 Å². The lowest BCUT2D eigenvalue weighted by atomic mass is 10.1. The number of anilines is 1. The second-order valence-electron chi connectivity index (χ2n) is 7.52. The molecule has 0 saturated heterocycles. The van der Waals surface area contributed by atoms with Gasteiger partial charge in [0.25, 0.3) is 5.91 Å². The molecule has 0 bridgehead atoms. The van der Waals surface area contributed by atoms with Crippen LogP contribution in [0.4, 0.5) is 10.1 Å². The molecule has 0 aliphatic rings. The third-order valence-corrected chi connectivity index (χ3v) is 5.18. The summed E-state index contributed by atoms with van der Waals surface area (Å²) in [5.74, 6) is 0.00526. The maximum absolute atomic E-state index is 13.8. The number of nitrogens with one attached hydrogen (secondary N) is 1. The first-order valence-electron chi connectivity index (χ1n) is 10.7. The van der Waals surface area contributed by atoms with E-state index in [0.717, 1.165) is 25.0 Å². The van der Waals surface area contributed by atoms with Crippen molar-refractivity contribution in [3.63, 3.8) is 0 Å². The average Bonchev–Trinajstić information content (AvgIpc) is 3.35. The monoisotopic (exact) mass is 428 g/mol. The molecule has 1 heterocycles. The van der Waals surface area contributed by atoms with Crippen LogP contribution in [0.5, 0.6) is 5.75 Å². The van der Waals surface area contributed by atoms with Crippen molar-refractivity contribution in [2.75, 3.05) is 11.9 Å². The predicted molar refractivity (Wildman–Crippen MR) is 125 cm³/mol. The van der Waals surface area contributed by atoms with Crippen LogP contribution in [0.25, 0.3) is 5.69 Å². The quantitative estimate of drug-likeness (QED) is 0.319. The van der Waals surface area contributed by atoms with Gasteiger partial charge in [0.1, 0.15) is 11.6 Å². The summed E-state index contributed by atoms with van der Waals surface area (Å²) >= 11 is 0. The minimum atomic E-state index is -0.410. The number of carbonyl (C=O) groups excluding carboxylic acids is 1. The molecule has 0 atom stereocenters. The zero-order valence-electron chi connectivity index (χ0n) is 17.7. The fourth-order valence-electron chi connectivity index (χ4n) is 3.49. The third-order valence-electron chi connectivity index (χ3n) is 5.18. The van der Waals surface area contributed by atoms with E-state index in [1.54, 1.807) is 30.3 Å². The van der Waals surface area contributed by atoms with Gasteiger partial charge in [-0.25, -0.2) is 4.39 Å². The van der Waals surface area contributed by atoms with E-state index in [1.807, 2.05) is 35.2 Å². The van der Waals surface area contributed by atoms with Gasteiger partial charge in [0.15, 0.2) is 0 Å². The second-order valence-corrected chi connectivity index (χ2v) is 7.52. The summed E-state index contributed by atoms with van der Waals surface area (Å²) in [6.07, 6.45) is 6.74. The first-order valence-corrected chi connectivity index (χ1v) is 10.7. The Kier molecular flexibility index (Phi) is 6.98. The highest BCUT2D eigenvalue weighted by atomic mass is 19.1. The SMILES string of the molecule is O=C(Nc1cc(F)ccc1-n1cccc1)c1ccc(OCCCCc2ccccc2)cc1. The molecule has 4 aromatic rings. The van der Waals surface area contributed by atoms with E-state index in [1.165, 1.54) is 17.7 Å². The summed E-state index contributed by atoms with van der Waals surface area (Å²) in [4.78, 5) is 12.7. The van der Waals surface area contributed by atoms with Gasteiger partial charge in [-0.2, -0.15) is 0 Å². The fraction of sp³-hybridized carbons (Fsp3) is 0.148. The molecule has 4 nitrogen and oxygen atoms in total. The van der Waals surface area contributed by atoms with Gasteiger partial charge in [-0.05, 0) is 79.4 Å². The zero-order valence-corrected chi connectivity index (χ0v) is 17.7. The molecule has 1 amide bonds. The number of amides is 1. The van der Waals surface area contributed by atoms with Crippen LogP contribution in [-0.4, -0.2) is 17.1 Å². The van der Waals surface area contributed by atoms with Crippen molar-refractivity contribution in [2.45, 2.75) is 19.3 Å². The lowest BCUT2D eigenvalue weighted by Crippen LogP contribution is -2.14. The number of hydrogen-bond donors (Lipinski definition) is 1. The number of aryl methyl sites for hydroxylation is 1. The van der Waals surface area contributed by atoms with E-state index in [9.17, 15) is 9.18 Å². The van der Waals surface area contributed by atoms with Crippen LogP contribution >= 0.6 is 0 Å². The molecule has 4 rings (SSSR count). The van der Waals surface area contributed by atoms with Crippen LogP contribution in [0.3, 0.4) is 0 Å². The molecule has 5 heteroatoms. The topological polar surface area (TPSA) is 43.3 Å². The van der Waals surface area contributed by atoms with Crippen molar-refractivity contribution in [3.05, 3.63) is 114 Å². The highest BCUT2D eigenvalue weighted by Crippen LogP contribution is 2.23. The van der Waals surface area contributed by atoms with Gasteiger partial charge in [0, 0.05) is 18.0 Å². The number of halogens is 1. The molecule has 0 aliphatic carbocycles. The molecule has 0 unspecified atom stereocenters. The highest BCUT2D eigenvalue weighted by molar-refractivity contribution is 6.05. The Morgan fingerprint density at radius 1 is 0.875 bits per heavy atom. The molecule has 162 valence electrons. The molecule has 1 N–H and O–H groups in total. The molecule has 0 saturated carbocycles. The number of benzene rings is 3. The van der Waals surface area contributed by atoms with E-state index < -0.39 is 5.82 Å². The van der Waals surface area contributed by atoms with Crippen molar-refractivity contribution >= 4 is 11.6 Å². The second kappa shape index (κ2) is 10.4. The van der Waals surface area contributed by atoms with Crippen molar-refractivity contribution < 1.29 is 13.9 Å². The van der Waals surface area contributed by atoms with E-state index in [4.69, 9.17) is 4.74 Å². The Balaban J connectivity index is 1.30. The van der Waals surface area contributed by atoms with E-state index >= 15 is 0 Å². The Bertz CT molecular complexity index is 1140. The normalized spacial score (nSPS) is 10.7. The number of aromatic nitrogens is 1. The smallest absolute Gasteiger partial charge is 0.255 e. The summed E-state index contributed by atoms with van der Waals surface area (Å²) in [6.45, 7) is 0.627. The van der Waals surface area contributed by atoms with Crippen molar-refractivity contribution in [1.29, 1.82) is 0 Å². The van der Waals surface area contributed by atoms with Gasteiger partial charge in [-0.3, -0.25) is 4.79 Å². The standard InChI is InChI=1S/C27H25FN2O2/c28-23-13-16-26(30-17-5-6-18-30)25(20-23)29-27(31)22-11-14-24(15-12-22)32-19-7-4-10-21-8-2-1-3-9-21/h1-3,5-6,8-9,11-18,20H,4,7,10,19H2,(H,29,31). The average molecular weight is 429 g/mol. The molecule has 0 fully saturated rings.